The van der Waals surface area contributed by atoms with E-state index in [4.69, 9.17) is 16.3 Å². The average molecular weight is 657 g/mol. The van der Waals surface area contributed by atoms with Gasteiger partial charge < -0.3 is 15.0 Å². The highest BCUT2D eigenvalue weighted by molar-refractivity contribution is 7.92. The number of nitrogens with one attached hydrogen (secondary N) is 1. The Kier molecular flexibility index (Phi) is 11.4. The molecule has 0 saturated heterocycles. The first-order valence-electron chi connectivity index (χ1n) is 14.6. The summed E-state index contributed by atoms with van der Waals surface area (Å²) in [5.74, 6) is -1.01. The van der Waals surface area contributed by atoms with Crippen LogP contribution in [-0.4, -0.2) is 62.0 Å². The van der Waals surface area contributed by atoms with Gasteiger partial charge in [-0.2, -0.15) is 0 Å². The Morgan fingerprint density at radius 2 is 1.71 bits per heavy atom. The Bertz CT molecular complexity index is 1610. The Labute approximate surface area is 268 Å². The normalized spacial score (nSPS) is 14.3. The van der Waals surface area contributed by atoms with Crippen LogP contribution in [0, 0.1) is 10.1 Å². The molecule has 45 heavy (non-hydrogen) atoms. The molecule has 0 bridgehead atoms. The summed E-state index contributed by atoms with van der Waals surface area (Å²) in [6, 6.07) is 18.6. The van der Waals surface area contributed by atoms with Crippen molar-refractivity contribution in [2.24, 2.45) is 0 Å². The van der Waals surface area contributed by atoms with Crippen molar-refractivity contribution in [2.45, 2.75) is 57.2 Å². The van der Waals surface area contributed by atoms with Crippen LogP contribution in [0.3, 0.4) is 0 Å². The summed E-state index contributed by atoms with van der Waals surface area (Å²) >= 11 is 6.27. The molecule has 1 atom stereocenters. The maximum atomic E-state index is 14.3. The van der Waals surface area contributed by atoms with Gasteiger partial charge in [0, 0.05) is 36.2 Å². The van der Waals surface area contributed by atoms with Gasteiger partial charge in [0.05, 0.1) is 18.3 Å². The lowest BCUT2D eigenvalue weighted by atomic mass is 9.94. The molecule has 0 aromatic heterocycles. The van der Waals surface area contributed by atoms with E-state index in [1.807, 2.05) is 30.3 Å². The molecule has 0 spiro atoms. The van der Waals surface area contributed by atoms with Gasteiger partial charge in [-0.05, 0) is 42.2 Å². The van der Waals surface area contributed by atoms with Crippen molar-refractivity contribution >= 4 is 44.8 Å². The number of nitrogens with zero attached hydrogens (tertiary/aromatic N) is 3. The summed E-state index contributed by atoms with van der Waals surface area (Å²) in [5.41, 5.74) is 0.900. The Morgan fingerprint density at radius 1 is 1.02 bits per heavy atom. The molecule has 3 aromatic carbocycles. The number of nitro groups is 1. The molecule has 11 nitrogen and oxygen atoms in total. The molecular formula is C32H37ClN4O7S. The third-order valence-corrected chi connectivity index (χ3v) is 9.15. The minimum atomic E-state index is -4.17. The number of rotatable bonds is 13. The number of carbonyl (C=O) groups is 2. The molecule has 0 heterocycles. The van der Waals surface area contributed by atoms with Crippen LogP contribution in [0.5, 0.6) is 5.75 Å². The summed E-state index contributed by atoms with van der Waals surface area (Å²) in [5, 5.41) is 15.1. The molecule has 1 saturated carbocycles. The molecule has 0 unspecified atom stereocenters. The lowest BCUT2D eigenvalue weighted by Crippen LogP contribution is -2.55. The largest absolute Gasteiger partial charge is 0.495 e. The second-order valence-corrected chi connectivity index (χ2v) is 13.4. The van der Waals surface area contributed by atoms with E-state index in [0.717, 1.165) is 54.3 Å². The summed E-state index contributed by atoms with van der Waals surface area (Å²) in [4.78, 5) is 40.6. The highest BCUT2D eigenvalue weighted by Crippen LogP contribution is 2.34. The molecule has 2 amide bonds. The number of methoxy groups -OCH3 is 1. The van der Waals surface area contributed by atoms with Crippen LogP contribution < -0.4 is 14.4 Å². The summed E-state index contributed by atoms with van der Waals surface area (Å²) in [7, 11) is -2.87. The molecule has 240 valence electrons. The van der Waals surface area contributed by atoms with Crippen LogP contribution in [0.25, 0.3) is 0 Å². The van der Waals surface area contributed by atoms with Gasteiger partial charge in [0.1, 0.15) is 24.0 Å². The van der Waals surface area contributed by atoms with E-state index in [2.05, 4.69) is 5.32 Å². The number of benzene rings is 3. The standard InChI is InChI=1S/C32H37ClN4O7S/c1-44-30-17-16-27(37(40)41)20-28(30)36(45(2,42)43)22-31(38)35(21-24-12-9-13-25(33)18-24)29(19-23-10-5-3-6-11-23)32(39)34-26-14-7-4-8-15-26/h3,5-6,9-13,16-18,20,26,29H,4,7-8,14-15,19,21-22H2,1-2H3,(H,34,39)/t29-/m1/s1. The maximum absolute atomic E-state index is 14.3. The zero-order valence-corrected chi connectivity index (χ0v) is 26.8. The van der Waals surface area contributed by atoms with Gasteiger partial charge in [-0.3, -0.25) is 24.0 Å². The summed E-state index contributed by atoms with van der Waals surface area (Å²) in [6.45, 7) is -0.780. The van der Waals surface area contributed by atoms with E-state index in [1.54, 1.807) is 24.3 Å². The number of nitro benzene ring substituents is 1. The van der Waals surface area contributed by atoms with Crippen LogP contribution in [-0.2, 0) is 32.6 Å². The second kappa shape index (κ2) is 15.2. The quantitative estimate of drug-likeness (QED) is 0.199. The average Bonchev–Trinajstić information content (AvgIpc) is 3.01. The van der Waals surface area contributed by atoms with Gasteiger partial charge in [-0.25, -0.2) is 8.42 Å². The minimum Gasteiger partial charge on any atom is -0.495 e. The number of anilines is 1. The summed E-state index contributed by atoms with van der Waals surface area (Å²) in [6.07, 6.45) is 5.83. The van der Waals surface area contributed by atoms with Gasteiger partial charge in [0.15, 0.2) is 0 Å². The van der Waals surface area contributed by atoms with Crippen molar-refractivity contribution in [3.8, 4) is 5.75 Å². The van der Waals surface area contributed by atoms with E-state index in [1.165, 1.54) is 24.1 Å². The van der Waals surface area contributed by atoms with Gasteiger partial charge in [-0.15, -0.1) is 0 Å². The predicted molar refractivity (Wildman–Crippen MR) is 173 cm³/mol. The first kappa shape index (κ1) is 33.7. The zero-order chi connectivity index (χ0) is 32.6. The molecule has 4 rings (SSSR count). The number of hydrogen-bond acceptors (Lipinski definition) is 7. The van der Waals surface area contributed by atoms with Gasteiger partial charge in [-0.1, -0.05) is 73.3 Å². The number of carbonyl (C=O) groups excluding carboxylic acids is 2. The lowest BCUT2D eigenvalue weighted by Gasteiger charge is -2.35. The smallest absolute Gasteiger partial charge is 0.271 e. The van der Waals surface area contributed by atoms with Crippen molar-refractivity contribution in [3.63, 3.8) is 0 Å². The van der Waals surface area contributed by atoms with Crippen molar-refractivity contribution in [3.05, 3.63) is 99.1 Å². The number of hydrogen-bond donors (Lipinski definition) is 1. The molecule has 3 aromatic rings. The monoisotopic (exact) mass is 656 g/mol. The van der Waals surface area contributed by atoms with Crippen molar-refractivity contribution in [2.75, 3.05) is 24.2 Å². The minimum absolute atomic E-state index is 0.0242. The fourth-order valence-corrected chi connectivity index (χ4v) is 6.57. The highest BCUT2D eigenvalue weighted by atomic mass is 35.5. The van der Waals surface area contributed by atoms with Crippen LogP contribution in [0.15, 0.2) is 72.8 Å². The first-order valence-corrected chi connectivity index (χ1v) is 16.9. The lowest BCUT2D eigenvalue weighted by molar-refractivity contribution is -0.384. The van der Waals surface area contributed by atoms with Crippen molar-refractivity contribution in [1.82, 2.24) is 10.2 Å². The number of non-ortho nitro benzene ring substituents is 1. The molecule has 1 aliphatic carbocycles. The molecule has 1 N–H and O–H groups in total. The van der Waals surface area contributed by atoms with E-state index >= 15 is 0 Å². The maximum Gasteiger partial charge on any atom is 0.271 e. The number of halogens is 1. The van der Waals surface area contributed by atoms with E-state index in [9.17, 15) is 28.1 Å². The third kappa shape index (κ3) is 9.18. The third-order valence-electron chi connectivity index (χ3n) is 7.79. The Balaban J connectivity index is 1.78. The first-order chi connectivity index (χ1) is 21.5. The van der Waals surface area contributed by atoms with Crippen LogP contribution in [0.1, 0.15) is 43.2 Å². The molecule has 0 radical (unpaired) electrons. The fraction of sp³-hybridized carbons (Fsp3) is 0.375. The molecule has 13 heteroatoms. The fourth-order valence-electron chi connectivity index (χ4n) is 5.51. The molecular weight excluding hydrogens is 620 g/mol. The summed E-state index contributed by atoms with van der Waals surface area (Å²) < 4.78 is 32.4. The molecule has 1 fully saturated rings. The van der Waals surface area contributed by atoms with Crippen LogP contribution in [0.4, 0.5) is 11.4 Å². The topological polar surface area (TPSA) is 139 Å². The predicted octanol–water partition coefficient (Wildman–Crippen LogP) is 5.11. The number of ether oxygens (including phenoxy) is 1. The van der Waals surface area contributed by atoms with Gasteiger partial charge >= 0.3 is 0 Å². The van der Waals surface area contributed by atoms with Gasteiger partial charge in [0.25, 0.3) is 5.69 Å². The molecule has 0 aliphatic heterocycles. The van der Waals surface area contributed by atoms with E-state index < -0.39 is 33.4 Å². The van der Waals surface area contributed by atoms with Crippen LogP contribution in [0.2, 0.25) is 5.02 Å². The van der Waals surface area contributed by atoms with Gasteiger partial charge in [0.2, 0.25) is 21.8 Å². The Morgan fingerprint density at radius 3 is 2.33 bits per heavy atom. The van der Waals surface area contributed by atoms with Crippen molar-refractivity contribution in [1.29, 1.82) is 0 Å². The highest BCUT2D eigenvalue weighted by Gasteiger charge is 2.35. The SMILES string of the molecule is COc1ccc([N+](=O)[O-])cc1N(CC(=O)N(Cc1cccc(Cl)c1)[C@H](Cc1ccccc1)C(=O)NC1CCCCC1)S(C)(=O)=O. The molecule has 1 aliphatic rings. The van der Waals surface area contributed by atoms with E-state index in [-0.39, 0.29) is 42.0 Å². The van der Waals surface area contributed by atoms with Crippen LogP contribution >= 0.6 is 11.6 Å². The zero-order valence-electron chi connectivity index (χ0n) is 25.2. The second-order valence-electron chi connectivity index (χ2n) is 11.1. The van der Waals surface area contributed by atoms with Crippen molar-refractivity contribution < 1.29 is 27.7 Å². The number of amides is 2. The number of sulfonamides is 1. The van der Waals surface area contributed by atoms with E-state index in [0.29, 0.717) is 10.6 Å². The Hall–Kier alpha value is -4.16.